The van der Waals surface area contributed by atoms with Gasteiger partial charge in [-0.15, -0.1) is 0 Å². The van der Waals surface area contributed by atoms with Gasteiger partial charge in [-0.25, -0.2) is 4.98 Å². The predicted octanol–water partition coefficient (Wildman–Crippen LogP) is 2.16. The Labute approximate surface area is 153 Å². The molecule has 3 atom stereocenters. The Morgan fingerprint density at radius 1 is 1.37 bits per heavy atom. The summed E-state index contributed by atoms with van der Waals surface area (Å²) in [6.45, 7) is -0.258. The van der Waals surface area contributed by atoms with Crippen LogP contribution in [0.3, 0.4) is 0 Å². The van der Waals surface area contributed by atoms with Gasteiger partial charge in [0.05, 0.1) is 25.1 Å². The van der Waals surface area contributed by atoms with Crippen molar-refractivity contribution in [2.75, 3.05) is 12.3 Å². The number of benzene rings is 1. The van der Waals surface area contributed by atoms with Crippen molar-refractivity contribution in [3.8, 4) is 11.6 Å². The predicted molar refractivity (Wildman–Crippen MR) is 94.8 cm³/mol. The zero-order valence-corrected chi connectivity index (χ0v) is 14.1. The second-order valence-corrected chi connectivity index (χ2v) is 5.95. The number of aliphatic hydroxyl groups excluding tert-OH is 1. The molecule has 0 aliphatic carbocycles. The number of aliphatic hydroxyl groups is 1. The van der Waals surface area contributed by atoms with Crippen molar-refractivity contribution in [3.63, 3.8) is 0 Å². The molecule has 0 spiro atoms. The summed E-state index contributed by atoms with van der Waals surface area (Å²) >= 11 is 0. The molecule has 0 radical (unpaired) electrons. The summed E-state index contributed by atoms with van der Waals surface area (Å²) in [4.78, 5) is 15.5. The van der Waals surface area contributed by atoms with E-state index in [1.54, 1.807) is 16.7 Å². The molecule has 0 bridgehead atoms. The molecule has 0 amide bonds. The average molecular weight is 368 g/mol. The number of rotatable bonds is 5. The van der Waals surface area contributed by atoms with Gasteiger partial charge in [0.2, 0.25) is 5.95 Å². The van der Waals surface area contributed by atoms with Crippen LogP contribution in [0.25, 0.3) is 21.6 Å². The van der Waals surface area contributed by atoms with Crippen LogP contribution in [0.4, 0.5) is 5.95 Å². The number of nitrogen functional groups attached to an aromatic ring is 1. The minimum absolute atomic E-state index is 0.0264. The van der Waals surface area contributed by atoms with Crippen LogP contribution < -0.4 is 10.5 Å². The lowest BCUT2D eigenvalue weighted by Gasteiger charge is -2.14. The maximum atomic E-state index is 9.45. The van der Waals surface area contributed by atoms with Crippen LogP contribution in [0.2, 0.25) is 0 Å². The van der Waals surface area contributed by atoms with Crippen molar-refractivity contribution in [2.24, 2.45) is 5.11 Å². The molecule has 11 nitrogen and oxygen atoms in total. The van der Waals surface area contributed by atoms with E-state index in [2.05, 4.69) is 25.0 Å². The second-order valence-electron chi connectivity index (χ2n) is 5.95. The molecule has 138 valence electrons. The zero-order valence-electron chi connectivity index (χ0n) is 14.1. The lowest BCUT2D eigenvalue weighted by molar-refractivity contribution is -0.0232. The molecular formula is C16H16N8O3. The van der Waals surface area contributed by atoms with E-state index in [4.69, 9.17) is 20.7 Å². The molecule has 1 aromatic carbocycles. The Morgan fingerprint density at radius 3 is 2.93 bits per heavy atom. The van der Waals surface area contributed by atoms with Gasteiger partial charge in [0.25, 0.3) is 5.88 Å². The molecule has 0 saturated carbocycles. The molecule has 1 aliphatic heterocycles. The van der Waals surface area contributed by atoms with E-state index in [1.807, 2.05) is 18.2 Å². The Kier molecular flexibility index (Phi) is 4.47. The number of nitrogens with two attached hydrogens (primary N) is 1. The Morgan fingerprint density at radius 2 is 2.19 bits per heavy atom. The summed E-state index contributed by atoms with van der Waals surface area (Å²) in [6, 6.07) is 8.65. The summed E-state index contributed by atoms with van der Waals surface area (Å²) in [5.41, 5.74) is 15.4. The topological polar surface area (TPSA) is 157 Å². The van der Waals surface area contributed by atoms with Crippen LogP contribution in [0.1, 0.15) is 12.6 Å². The van der Waals surface area contributed by atoms with Gasteiger partial charge in [-0.3, -0.25) is 4.57 Å². The summed E-state index contributed by atoms with van der Waals surface area (Å²) < 4.78 is 13.3. The van der Waals surface area contributed by atoms with Gasteiger partial charge in [-0.1, -0.05) is 23.3 Å². The lowest BCUT2D eigenvalue weighted by Crippen LogP contribution is -2.22. The van der Waals surface area contributed by atoms with E-state index >= 15 is 0 Å². The molecule has 1 aliphatic rings. The number of imidazole rings is 1. The SMILES string of the molecule is [N-]=[N+]=NC1CC(n2cnc3c(Oc4ccccc4)nc(N)nc32)OC1CO. The van der Waals surface area contributed by atoms with Crippen LogP contribution in [-0.4, -0.2) is 43.4 Å². The molecule has 3 unspecified atom stereocenters. The van der Waals surface area contributed by atoms with E-state index in [0.717, 1.165) is 0 Å². The highest BCUT2D eigenvalue weighted by Gasteiger charge is 2.36. The van der Waals surface area contributed by atoms with Crippen molar-refractivity contribution in [1.82, 2.24) is 19.5 Å². The first-order valence-electron chi connectivity index (χ1n) is 8.23. The molecule has 11 heteroatoms. The number of azide groups is 1. The van der Waals surface area contributed by atoms with Crippen LogP contribution in [0.15, 0.2) is 41.8 Å². The third kappa shape index (κ3) is 3.22. The average Bonchev–Trinajstić information content (AvgIpc) is 3.26. The number of hydrogen-bond donors (Lipinski definition) is 2. The third-order valence-electron chi connectivity index (χ3n) is 4.26. The maximum Gasteiger partial charge on any atom is 0.252 e. The first-order valence-corrected chi connectivity index (χ1v) is 8.23. The fourth-order valence-electron chi connectivity index (χ4n) is 3.03. The summed E-state index contributed by atoms with van der Waals surface area (Å²) in [7, 11) is 0. The Balaban J connectivity index is 1.71. The largest absolute Gasteiger partial charge is 0.437 e. The number of para-hydroxylation sites is 1. The van der Waals surface area contributed by atoms with Gasteiger partial charge in [0.15, 0.2) is 11.2 Å². The fourth-order valence-corrected chi connectivity index (χ4v) is 3.03. The van der Waals surface area contributed by atoms with E-state index in [1.165, 1.54) is 6.33 Å². The van der Waals surface area contributed by atoms with E-state index < -0.39 is 18.4 Å². The normalized spacial score (nSPS) is 21.9. The van der Waals surface area contributed by atoms with Gasteiger partial charge in [0.1, 0.15) is 12.0 Å². The van der Waals surface area contributed by atoms with Gasteiger partial charge < -0.3 is 20.3 Å². The monoisotopic (exact) mass is 368 g/mol. The molecule has 1 saturated heterocycles. The summed E-state index contributed by atoms with van der Waals surface area (Å²) in [6.07, 6.45) is 0.803. The highest BCUT2D eigenvalue weighted by Crippen LogP contribution is 2.34. The molecule has 1 fully saturated rings. The highest BCUT2D eigenvalue weighted by molar-refractivity contribution is 5.78. The minimum atomic E-state index is -0.595. The van der Waals surface area contributed by atoms with Gasteiger partial charge in [-0.05, 0) is 17.7 Å². The van der Waals surface area contributed by atoms with E-state index in [9.17, 15) is 5.11 Å². The van der Waals surface area contributed by atoms with Gasteiger partial charge in [-0.2, -0.15) is 9.97 Å². The summed E-state index contributed by atoms with van der Waals surface area (Å²) in [5, 5.41) is 13.1. The smallest absolute Gasteiger partial charge is 0.252 e. The Bertz CT molecular complexity index is 1000. The lowest BCUT2D eigenvalue weighted by atomic mass is 10.1. The van der Waals surface area contributed by atoms with Crippen molar-refractivity contribution in [1.29, 1.82) is 0 Å². The van der Waals surface area contributed by atoms with Crippen molar-refractivity contribution in [2.45, 2.75) is 24.8 Å². The van der Waals surface area contributed by atoms with Crippen LogP contribution in [0, 0.1) is 0 Å². The van der Waals surface area contributed by atoms with Gasteiger partial charge >= 0.3 is 0 Å². The molecule has 4 rings (SSSR count). The first-order chi connectivity index (χ1) is 13.2. The number of nitrogens with zero attached hydrogens (tertiary/aromatic N) is 7. The van der Waals surface area contributed by atoms with Crippen LogP contribution >= 0.6 is 0 Å². The Hall–Kier alpha value is -3.40. The fraction of sp³-hybridized carbons (Fsp3) is 0.312. The molecule has 3 heterocycles. The standard InChI is InChI=1S/C16H16N8O3/c17-16-20-14-13(15(21-16)26-9-4-2-1-3-5-9)19-8-24(14)12-6-10(22-23-18)11(7-25)27-12/h1-5,8,10-12,25H,6-7H2,(H2,17,20,21). The van der Waals surface area contributed by atoms with Crippen molar-refractivity contribution < 1.29 is 14.6 Å². The molecule has 27 heavy (non-hydrogen) atoms. The number of hydrogen-bond acceptors (Lipinski definition) is 8. The highest BCUT2D eigenvalue weighted by atomic mass is 16.5. The van der Waals surface area contributed by atoms with Gasteiger partial charge in [0, 0.05) is 11.3 Å². The number of fused-ring (bicyclic) bond motifs is 1. The molecular weight excluding hydrogens is 352 g/mol. The number of ether oxygens (including phenoxy) is 2. The number of aromatic nitrogens is 4. The van der Waals surface area contributed by atoms with Crippen LogP contribution in [0.5, 0.6) is 11.6 Å². The quantitative estimate of drug-likeness (QED) is 0.397. The van der Waals surface area contributed by atoms with E-state index in [-0.39, 0.29) is 18.4 Å². The molecule has 2 aromatic heterocycles. The molecule has 3 aromatic rings. The summed E-state index contributed by atoms with van der Waals surface area (Å²) in [5.74, 6) is 0.844. The van der Waals surface area contributed by atoms with E-state index in [0.29, 0.717) is 23.3 Å². The second kappa shape index (κ2) is 7.08. The third-order valence-corrected chi connectivity index (χ3v) is 4.26. The van der Waals surface area contributed by atoms with Crippen LogP contribution in [-0.2, 0) is 4.74 Å². The molecule has 3 N–H and O–H groups in total. The van der Waals surface area contributed by atoms with Crippen molar-refractivity contribution >= 4 is 17.1 Å². The zero-order chi connectivity index (χ0) is 18.8. The number of anilines is 1. The van der Waals surface area contributed by atoms with Crippen molar-refractivity contribution in [3.05, 3.63) is 47.1 Å². The maximum absolute atomic E-state index is 9.45. The minimum Gasteiger partial charge on any atom is -0.437 e. The first kappa shape index (κ1) is 17.0.